The number of nitrogens with one attached hydrogen (secondary N) is 2. The van der Waals surface area contributed by atoms with Crippen molar-refractivity contribution >= 4 is 17.7 Å². The number of amides is 2. The van der Waals surface area contributed by atoms with E-state index in [0.717, 1.165) is 18.2 Å². The van der Waals surface area contributed by atoms with Crippen molar-refractivity contribution in [2.75, 3.05) is 6.54 Å². The molecule has 1 aromatic carbocycles. The Morgan fingerprint density at radius 1 is 1.38 bits per heavy atom. The number of benzene rings is 1. The summed E-state index contributed by atoms with van der Waals surface area (Å²) in [7, 11) is 0. The molecule has 2 amide bonds. The van der Waals surface area contributed by atoms with Crippen LogP contribution in [0, 0.1) is 5.82 Å². The van der Waals surface area contributed by atoms with Crippen LogP contribution < -0.4 is 15.4 Å². The number of halogens is 4. The van der Waals surface area contributed by atoms with Gasteiger partial charge < -0.3 is 20.5 Å². The van der Waals surface area contributed by atoms with Crippen molar-refractivity contribution in [3.8, 4) is 5.75 Å². The highest BCUT2D eigenvalue weighted by molar-refractivity contribution is 5.90. The molecule has 0 heterocycles. The third-order valence-corrected chi connectivity index (χ3v) is 2.66. The Balaban J connectivity index is 2.93. The zero-order valence-electron chi connectivity index (χ0n) is 12.4. The first kappa shape index (κ1) is 19.3. The Hall–Kier alpha value is -2.78. The van der Waals surface area contributed by atoms with Crippen molar-refractivity contribution in [2.45, 2.75) is 19.2 Å². The highest BCUT2D eigenvalue weighted by atomic mass is 19.4. The van der Waals surface area contributed by atoms with Crippen LogP contribution in [0.1, 0.15) is 12.5 Å². The summed E-state index contributed by atoms with van der Waals surface area (Å²) in [6.07, 6.45) is -7.13. The van der Waals surface area contributed by atoms with Gasteiger partial charge in [0.05, 0.1) is 6.54 Å². The minimum atomic E-state index is -5.13. The van der Waals surface area contributed by atoms with E-state index in [-0.39, 0.29) is 17.9 Å². The first-order valence-electron chi connectivity index (χ1n) is 6.51. The summed E-state index contributed by atoms with van der Waals surface area (Å²) in [6, 6.07) is 2.97. The van der Waals surface area contributed by atoms with Crippen LogP contribution >= 0.6 is 0 Å². The Labute approximate surface area is 134 Å². The van der Waals surface area contributed by atoms with Gasteiger partial charge in [-0.2, -0.15) is 13.2 Å². The van der Waals surface area contributed by atoms with E-state index in [1.807, 2.05) is 0 Å². The fourth-order valence-electron chi connectivity index (χ4n) is 1.61. The molecule has 132 valence electrons. The van der Waals surface area contributed by atoms with E-state index >= 15 is 0 Å². The highest BCUT2D eigenvalue weighted by Gasteiger charge is 2.39. The summed E-state index contributed by atoms with van der Waals surface area (Å²) >= 11 is 0. The molecule has 0 unspecified atom stereocenters. The molecular weight excluding hydrogens is 336 g/mol. The molecule has 10 heteroatoms. The molecule has 0 bridgehead atoms. The fraction of sp³-hybridized carbons (Fsp3) is 0.286. The summed E-state index contributed by atoms with van der Waals surface area (Å²) in [5, 5.41) is 12.1. The van der Waals surface area contributed by atoms with Gasteiger partial charge in [-0.25, -0.2) is 9.18 Å². The number of hydrogen-bond donors (Lipinski definition) is 3. The van der Waals surface area contributed by atoms with Gasteiger partial charge in [0.1, 0.15) is 17.7 Å². The average Bonchev–Trinajstić information content (AvgIpc) is 2.45. The van der Waals surface area contributed by atoms with Crippen LogP contribution in [0.15, 0.2) is 24.8 Å². The van der Waals surface area contributed by atoms with Crippen LogP contribution in [0.25, 0.3) is 5.70 Å². The van der Waals surface area contributed by atoms with Gasteiger partial charge >= 0.3 is 18.2 Å². The molecule has 0 aliphatic rings. The van der Waals surface area contributed by atoms with Crippen molar-refractivity contribution < 1.29 is 37.0 Å². The van der Waals surface area contributed by atoms with Crippen LogP contribution in [0.3, 0.4) is 0 Å². The van der Waals surface area contributed by atoms with Crippen molar-refractivity contribution in [3.63, 3.8) is 0 Å². The number of hydrogen-bond acceptors (Lipinski definition) is 3. The lowest BCUT2D eigenvalue weighted by molar-refractivity contribution is -0.172. The Morgan fingerprint density at radius 3 is 2.54 bits per heavy atom. The molecule has 1 aromatic rings. The molecule has 3 N–H and O–H groups in total. The van der Waals surface area contributed by atoms with E-state index in [2.05, 4.69) is 11.9 Å². The molecule has 0 spiro atoms. The lowest BCUT2D eigenvalue weighted by Crippen LogP contribution is -2.35. The summed E-state index contributed by atoms with van der Waals surface area (Å²) in [5.41, 5.74) is -0.708. The van der Waals surface area contributed by atoms with Gasteiger partial charge in [0.15, 0.2) is 0 Å². The lowest BCUT2D eigenvalue weighted by Gasteiger charge is -2.19. The molecule has 6 nitrogen and oxygen atoms in total. The Kier molecular flexibility index (Phi) is 6.15. The molecule has 0 saturated carbocycles. The van der Waals surface area contributed by atoms with Gasteiger partial charge in [0.25, 0.3) is 0 Å². The molecule has 1 rings (SSSR count). The summed E-state index contributed by atoms with van der Waals surface area (Å²) in [6.45, 7) is 4.64. The lowest BCUT2D eigenvalue weighted by atomic mass is 10.1. The summed E-state index contributed by atoms with van der Waals surface area (Å²) in [5.74, 6) is -3.11. The monoisotopic (exact) mass is 350 g/mol. The highest BCUT2D eigenvalue weighted by Crippen LogP contribution is 2.27. The zero-order chi connectivity index (χ0) is 18.5. The topological polar surface area (TPSA) is 87.7 Å². The van der Waals surface area contributed by atoms with Crippen molar-refractivity contribution in [1.29, 1.82) is 0 Å². The van der Waals surface area contributed by atoms with Crippen LogP contribution in [0.4, 0.5) is 22.4 Å². The maximum absolute atomic E-state index is 13.3. The van der Waals surface area contributed by atoms with Crippen LogP contribution in [-0.4, -0.2) is 35.9 Å². The van der Waals surface area contributed by atoms with Crippen molar-refractivity contribution in [1.82, 2.24) is 10.6 Å². The maximum Gasteiger partial charge on any atom is 0.471 e. The smallest absolute Gasteiger partial charge is 0.471 e. The number of carbonyl (C=O) groups excluding carboxylic acids is 1. The van der Waals surface area contributed by atoms with Gasteiger partial charge in [0, 0.05) is 11.3 Å². The van der Waals surface area contributed by atoms with E-state index in [0.29, 0.717) is 0 Å². The predicted octanol–water partition coefficient (Wildman–Crippen LogP) is 2.51. The molecule has 0 radical (unpaired) electrons. The third-order valence-electron chi connectivity index (χ3n) is 2.66. The fourth-order valence-corrected chi connectivity index (χ4v) is 1.61. The Bertz CT molecular complexity index is 646. The molecule has 0 saturated heterocycles. The second-order valence-electron chi connectivity index (χ2n) is 4.69. The first-order chi connectivity index (χ1) is 11.0. The summed E-state index contributed by atoms with van der Waals surface area (Å²) < 4.78 is 55.5. The molecule has 0 aromatic heterocycles. The number of rotatable bonds is 6. The largest absolute Gasteiger partial charge is 0.488 e. The summed E-state index contributed by atoms with van der Waals surface area (Å²) in [4.78, 5) is 21.3. The van der Waals surface area contributed by atoms with Crippen molar-refractivity contribution in [3.05, 3.63) is 36.2 Å². The number of carboxylic acid groups (broad SMARTS) is 1. The first-order valence-corrected chi connectivity index (χ1v) is 6.51. The number of carbonyl (C=O) groups is 2. The van der Waals surface area contributed by atoms with E-state index in [9.17, 15) is 27.2 Å². The zero-order valence-corrected chi connectivity index (χ0v) is 12.4. The van der Waals surface area contributed by atoms with Crippen LogP contribution in [-0.2, 0) is 4.79 Å². The molecule has 1 atom stereocenters. The SMILES string of the molecule is C=C(NC(=O)C(F)(F)F)c1cc(F)ccc1O[C@@H](C)CNC(=O)O. The maximum atomic E-state index is 13.3. The normalized spacial score (nSPS) is 12.2. The van der Waals surface area contributed by atoms with Gasteiger partial charge in [-0.15, -0.1) is 0 Å². The average molecular weight is 350 g/mol. The molecular formula is C14H14F4N2O4. The van der Waals surface area contributed by atoms with Gasteiger partial charge in [-0.1, -0.05) is 6.58 Å². The minimum Gasteiger partial charge on any atom is -0.488 e. The van der Waals surface area contributed by atoms with E-state index in [4.69, 9.17) is 9.84 Å². The predicted molar refractivity (Wildman–Crippen MR) is 75.7 cm³/mol. The van der Waals surface area contributed by atoms with E-state index in [1.54, 1.807) is 0 Å². The second kappa shape index (κ2) is 7.66. The molecule has 0 aliphatic heterocycles. The van der Waals surface area contributed by atoms with Crippen LogP contribution in [0.5, 0.6) is 5.75 Å². The van der Waals surface area contributed by atoms with Gasteiger partial charge in [-0.05, 0) is 25.1 Å². The number of ether oxygens (including phenoxy) is 1. The molecule has 0 aliphatic carbocycles. The molecule has 0 fully saturated rings. The quantitative estimate of drug-likeness (QED) is 0.688. The molecule has 24 heavy (non-hydrogen) atoms. The van der Waals surface area contributed by atoms with Gasteiger partial charge in [0.2, 0.25) is 0 Å². The second-order valence-corrected chi connectivity index (χ2v) is 4.69. The minimum absolute atomic E-state index is 0.0661. The number of alkyl halides is 3. The van der Waals surface area contributed by atoms with Gasteiger partial charge in [-0.3, -0.25) is 4.79 Å². The van der Waals surface area contributed by atoms with E-state index in [1.165, 1.54) is 12.2 Å². The van der Waals surface area contributed by atoms with E-state index < -0.39 is 35.8 Å². The van der Waals surface area contributed by atoms with Crippen molar-refractivity contribution in [2.24, 2.45) is 0 Å². The Morgan fingerprint density at radius 2 is 2.00 bits per heavy atom. The third kappa shape index (κ3) is 5.78. The van der Waals surface area contributed by atoms with Crippen LogP contribution in [0.2, 0.25) is 0 Å². The standard InChI is InChI=1S/C14H14F4N2O4/c1-7(6-19-13(22)23)24-11-4-3-9(15)5-10(11)8(2)20-12(21)14(16,17)18/h3-5,7,19H,2,6H2,1H3,(H,20,21)(H,22,23)/t7-/m0/s1.